The second kappa shape index (κ2) is 3.01. The zero-order valence-corrected chi connectivity index (χ0v) is 12.1. The summed E-state index contributed by atoms with van der Waals surface area (Å²) in [4.78, 5) is 0. The van der Waals surface area contributed by atoms with Crippen molar-refractivity contribution in [3.8, 4) is 0 Å². The highest BCUT2D eigenvalue weighted by Gasteiger charge is 2.68. The topological polar surface area (TPSA) is 0 Å². The van der Waals surface area contributed by atoms with E-state index in [4.69, 9.17) is 0 Å². The minimum atomic E-state index is 0.782. The van der Waals surface area contributed by atoms with E-state index in [0.717, 1.165) is 40.4 Å². The summed E-state index contributed by atoms with van der Waals surface area (Å²) in [6.07, 6.45) is 12.8. The average molecular weight is 244 g/mol. The van der Waals surface area contributed by atoms with Crippen molar-refractivity contribution in [1.82, 2.24) is 0 Å². The van der Waals surface area contributed by atoms with Crippen molar-refractivity contribution >= 4 is 0 Å². The Bertz CT molecular complexity index is 395. The quantitative estimate of drug-likeness (QED) is 0.569. The van der Waals surface area contributed by atoms with Crippen LogP contribution >= 0.6 is 0 Å². The summed E-state index contributed by atoms with van der Waals surface area (Å²) in [5.41, 5.74) is 1.64. The molecule has 0 radical (unpaired) electrons. The Labute approximate surface area is 112 Å². The van der Waals surface area contributed by atoms with Gasteiger partial charge in [0.15, 0.2) is 0 Å². The van der Waals surface area contributed by atoms with Crippen LogP contribution in [0.1, 0.15) is 65.2 Å². The van der Waals surface area contributed by atoms with Crippen molar-refractivity contribution < 1.29 is 0 Å². The van der Waals surface area contributed by atoms with Crippen LogP contribution in [0, 0.1) is 46.3 Å². The molecule has 6 fully saturated rings. The van der Waals surface area contributed by atoms with Gasteiger partial charge in [0, 0.05) is 0 Å². The summed E-state index contributed by atoms with van der Waals surface area (Å²) in [6.45, 7) is 5.27. The van der Waals surface area contributed by atoms with E-state index >= 15 is 0 Å². The molecular formula is C18H28. The van der Waals surface area contributed by atoms with E-state index < -0.39 is 0 Å². The molecule has 6 aliphatic rings. The largest absolute Gasteiger partial charge is 0.0622 e. The molecule has 18 heavy (non-hydrogen) atoms. The minimum Gasteiger partial charge on any atom is -0.0622 e. The molecule has 0 amide bonds. The summed E-state index contributed by atoms with van der Waals surface area (Å²) in [6, 6.07) is 0. The van der Waals surface area contributed by atoms with Crippen molar-refractivity contribution in [2.75, 3.05) is 0 Å². The lowest BCUT2D eigenvalue weighted by Gasteiger charge is -2.71. The van der Waals surface area contributed by atoms with Gasteiger partial charge in [0.2, 0.25) is 0 Å². The molecule has 0 N–H and O–H groups in total. The van der Waals surface area contributed by atoms with E-state index in [1.807, 2.05) is 0 Å². The van der Waals surface area contributed by atoms with Gasteiger partial charge in [-0.3, -0.25) is 0 Å². The van der Waals surface area contributed by atoms with E-state index in [-0.39, 0.29) is 0 Å². The Morgan fingerprint density at radius 2 is 1.78 bits per heavy atom. The van der Waals surface area contributed by atoms with Gasteiger partial charge in [0.25, 0.3) is 0 Å². The molecule has 100 valence electrons. The third-order valence-electron chi connectivity index (χ3n) is 8.81. The van der Waals surface area contributed by atoms with Crippen LogP contribution in [0.15, 0.2) is 0 Å². The predicted octanol–water partition coefficient (Wildman–Crippen LogP) is 4.89. The molecule has 0 heteroatoms. The molecule has 0 aromatic rings. The first-order chi connectivity index (χ1) is 8.64. The Balaban J connectivity index is 1.50. The highest BCUT2D eigenvalue weighted by atomic mass is 14.7. The summed E-state index contributed by atoms with van der Waals surface area (Å²) < 4.78 is 0. The first-order valence-electron chi connectivity index (χ1n) is 8.64. The molecule has 6 aliphatic carbocycles. The van der Waals surface area contributed by atoms with Crippen LogP contribution in [0.5, 0.6) is 0 Å². The highest BCUT2D eigenvalue weighted by Crippen LogP contribution is 2.77. The zero-order valence-electron chi connectivity index (χ0n) is 12.1. The number of hydrogen-bond donors (Lipinski definition) is 0. The van der Waals surface area contributed by atoms with Gasteiger partial charge in [-0.1, -0.05) is 13.8 Å². The van der Waals surface area contributed by atoms with Crippen LogP contribution in [0.3, 0.4) is 0 Å². The monoisotopic (exact) mass is 244 g/mol. The predicted molar refractivity (Wildman–Crippen MR) is 74.1 cm³/mol. The maximum absolute atomic E-state index is 2.67. The number of rotatable bonds is 0. The Kier molecular flexibility index (Phi) is 1.80. The standard InChI is InChI=1S/C18H28/c1-11-5-7-17(2)14-4-3-13(14)15(17)10-18-8-6-12(9-18)16(11)18/h11-16H,3-10H2,1-2H3. The fraction of sp³-hybridized carbons (Fsp3) is 1.00. The molecule has 0 heterocycles. The molecule has 0 aromatic carbocycles. The normalized spacial score (nSPS) is 68.3. The molecule has 0 saturated heterocycles. The Morgan fingerprint density at radius 3 is 2.50 bits per heavy atom. The molecule has 1 spiro atoms. The van der Waals surface area contributed by atoms with Crippen LogP contribution in [-0.2, 0) is 0 Å². The van der Waals surface area contributed by atoms with Crippen LogP contribution in [0.2, 0.25) is 0 Å². The fourth-order valence-corrected chi connectivity index (χ4v) is 7.92. The van der Waals surface area contributed by atoms with Gasteiger partial charge in [-0.2, -0.15) is 0 Å². The number of hydrogen-bond acceptors (Lipinski definition) is 0. The molecule has 8 atom stereocenters. The van der Waals surface area contributed by atoms with Crippen molar-refractivity contribution in [3.63, 3.8) is 0 Å². The molecule has 0 aliphatic heterocycles. The van der Waals surface area contributed by atoms with Gasteiger partial charge in [-0.05, 0) is 97.7 Å². The molecule has 6 rings (SSSR count). The Hall–Kier alpha value is 0. The second-order valence-electron chi connectivity index (χ2n) is 9.07. The van der Waals surface area contributed by atoms with E-state index in [0.29, 0.717) is 0 Å². The van der Waals surface area contributed by atoms with Gasteiger partial charge in [0.1, 0.15) is 0 Å². The van der Waals surface area contributed by atoms with Crippen LogP contribution in [-0.4, -0.2) is 0 Å². The van der Waals surface area contributed by atoms with E-state index in [9.17, 15) is 0 Å². The average Bonchev–Trinajstić information content (AvgIpc) is 2.82. The number of fused-ring (bicyclic) bond motifs is 5. The first kappa shape index (κ1) is 10.7. The van der Waals surface area contributed by atoms with Gasteiger partial charge in [0.05, 0.1) is 0 Å². The summed E-state index contributed by atoms with van der Waals surface area (Å²) in [7, 11) is 0. The summed E-state index contributed by atoms with van der Waals surface area (Å²) >= 11 is 0. The van der Waals surface area contributed by atoms with Gasteiger partial charge in [-0.15, -0.1) is 0 Å². The zero-order chi connectivity index (χ0) is 12.1. The lowest BCUT2D eigenvalue weighted by molar-refractivity contribution is -0.220. The third-order valence-corrected chi connectivity index (χ3v) is 8.81. The van der Waals surface area contributed by atoms with E-state index in [2.05, 4.69) is 13.8 Å². The van der Waals surface area contributed by atoms with Gasteiger partial charge >= 0.3 is 0 Å². The van der Waals surface area contributed by atoms with Gasteiger partial charge in [-0.25, -0.2) is 0 Å². The van der Waals surface area contributed by atoms with E-state index in [1.54, 1.807) is 51.4 Å². The molecule has 0 nitrogen and oxygen atoms in total. The summed E-state index contributed by atoms with van der Waals surface area (Å²) in [5, 5.41) is 0. The lowest BCUT2D eigenvalue weighted by atomic mass is 9.34. The first-order valence-corrected chi connectivity index (χ1v) is 8.64. The van der Waals surface area contributed by atoms with Crippen LogP contribution < -0.4 is 0 Å². The van der Waals surface area contributed by atoms with Crippen LogP contribution in [0.4, 0.5) is 0 Å². The molecular weight excluding hydrogens is 216 g/mol. The maximum Gasteiger partial charge on any atom is -0.0258 e. The smallest absolute Gasteiger partial charge is 0.0258 e. The molecule has 0 aromatic heterocycles. The molecule has 2 bridgehead atoms. The fourth-order valence-electron chi connectivity index (χ4n) is 7.92. The van der Waals surface area contributed by atoms with Gasteiger partial charge < -0.3 is 0 Å². The van der Waals surface area contributed by atoms with Crippen molar-refractivity contribution in [1.29, 1.82) is 0 Å². The highest BCUT2D eigenvalue weighted by molar-refractivity contribution is 5.17. The summed E-state index contributed by atoms with van der Waals surface area (Å²) in [5.74, 6) is 6.83. The maximum atomic E-state index is 2.67. The second-order valence-corrected chi connectivity index (χ2v) is 9.07. The van der Waals surface area contributed by atoms with Crippen molar-refractivity contribution in [2.24, 2.45) is 46.3 Å². The SMILES string of the molecule is CC1CCC2(C)C3CCC3C2CC23CCC(C2)C13. The van der Waals surface area contributed by atoms with Crippen molar-refractivity contribution in [2.45, 2.75) is 65.2 Å². The van der Waals surface area contributed by atoms with Crippen LogP contribution in [0.25, 0.3) is 0 Å². The van der Waals surface area contributed by atoms with Crippen molar-refractivity contribution in [3.05, 3.63) is 0 Å². The van der Waals surface area contributed by atoms with E-state index in [1.165, 1.54) is 5.92 Å². The third kappa shape index (κ3) is 0.967. The minimum absolute atomic E-state index is 0.782. The lowest BCUT2D eigenvalue weighted by Crippen LogP contribution is -2.63. The molecule has 6 saturated carbocycles. The molecule has 8 unspecified atom stereocenters. The Morgan fingerprint density at radius 1 is 0.889 bits per heavy atom.